The SMILES string of the molecule is C[C@H](Nc1nnc([C@@H]2COc3ccccc3C2)o1)C(=O)N1CCC2(CC1)CC2. The van der Waals surface area contributed by atoms with Gasteiger partial charge in [0.2, 0.25) is 11.8 Å². The second-order valence-electron chi connectivity index (χ2n) is 8.46. The molecule has 1 saturated heterocycles. The maximum Gasteiger partial charge on any atom is 0.316 e. The molecule has 3 heterocycles. The number of piperidine rings is 1. The number of likely N-dealkylation sites (tertiary alicyclic amines) is 1. The molecule has 1 spiro atoms. The average Bonchev–Trinajstić information content (AvgIpc) is 3.31. The number of rotatable bonds is 4. The Morgan fingerprint density at radius 3 is 2.79 bits per heavy atom. The van der Waals surface area contributed by atoms with Crippen LogP contribution in [-0.4, -0.2) is 46.7 Å². The molecular weight excluding hydrogens is 356 g/mol. The quantitative estimate of drug-likeness (QED) is 0.876. The minimum atomic E-state index is -0.384. The molecule has 1 aromatic heterocycles. The summed E-state index contributed by atoms with van der Waals surface area (Å²) in [5.74, 6) is 1.60. The molecule has 7 nitrogen and oxygen atoms in total. The van der Waals surface area contributed by atoms with Gasteiger partial charge in [-0.05, 0) is 56.1 Å². The summed E-state index contributed by atoms with van der Waals surface area (Å²) in [6.45, 7) is 4.09. The monoisotopic (exact) mass is 382 g/mol. The molecule has 7 heteroatoms. The highest BCUT2D eigenvalue weighted by Gasteiger charge is 2.45. The number of para-hydroxylation sites is 1. The van der Waals surface area contributed by atoms with E-state index in [-0.39, 0.29) is 17.9 Å². The molecular formula is C21H26N4O3. The van der Waals surface area contributed by atoms with Crippen molar-refractivity contribution in [2.45, 2.75) is 51.0 Å². The van der Waals surface area contributed by atoms with Crippen LogP contribution in [-0.2, 0) is 11.2 Å². The minimum absolute atomic E-state index is 0.0285. The standard InChI is InChI=1S/C21H26N4O3/c1-14(19(26)25-10-8-21(6-7-21)9-11-25)22-20-24-23-18(28-20)16-12-15-4-2-3-5-17(15)27-13-16/h2-5,14,16H,6-13H2,1H3,(H,22,24)/t14-,16-/m0/s1. The number of ether oxygens (including phenoxy) is 1. The van der Waals surface area contributed by atoms with E-state index in [1.54, 1.807) is 0 Å². The Kier molecular flexibility index (Phi) is 4.25. The third kappa shape index (κ3) is 3.34. The van der Waals surface area contributed by atoms with Crippen LogP contribution in [0.5, 0.6) is 5.75 Å². The predicted molar refractivity (Wildman–Crippen MR) is 103 cm³/mol. The molecule has 1 N–H and O–H groups in total. The van der Waals surface area contributed by atoms with E-state index in [9.17, 15) is 4.79 Å². The van der Waals surface area contributed by atoms with Crippen molar-refractivity contribution in [3.05, 3.63) is 35.7 Å². The molecule has 2 fully saturated rings. The van der Waals surface area contributed by atoms with Crippen LogP contribution in [0.3, 0.4) is 0 Å². The van der Waals surface area contributed by atoms with Gasteiger partial charge in [-0.3, -0.25) is 4.79 Å². The van der Waals surface area contributed by atoms with Gasteiger partial charge in [-0.2, -0.15) is 0 Å². The van der Waals surface area contributed by atoms with Gasteiger partial charge in [0.15, 0.2) is 0 Å². The summed E-state index contributed by atoms with van der Waals surface area (Å²) in [5.41, 5.74) is 1.71. The lowest BCUT2D eigenvalue weighted by Crippen LogP contribution is -2.45. The molecule has 28 heavy (non-hydrogen) atoms. The number of amides is 1. The van der Waals surface area contributed by atoms with E-state index in [1.807, 2.05) is 30.0 Å². The molecule has 2 atom stereocenters. The summed E-state index contributed by atoms with van der Waals surface area (Å²) in [4.78, 5) is 14.7. The number of hydrogen-bond acceptors (Lipinski definition) is 6. The predicted octanol–water partition coefficient (Wildman–Crippen LogP) is 2.99. The molecule has 3 aliphatic rings. The molecule has 0 unspecified atom stereocenters. The first kappa shape index (κ1) is 17.5. The highest BCUT2D eigenvalue weighted by molar-refractivity contribution is 5.83. The summed E-state index contributed by atoms with van der Waals surface area (Å²) in [7, 11) is 0. The van der Waals surface area contributed by atoms with E-state index in [2.05, 4.69) is 21.6 Å². The number of carbonyl (C=O) groups excluding carboxylic acids is 1. The fourth-order valence-electron chi connectivity index (χ4n) is 4.34. The van der Waals surface area contributed by atoms with Gasteiger partial charge < -0.3 is 19.4 Å². The van der Waals surface area contributed by atoms with Crippen molar-refractivity contribution in [1.29, 1.82) is 0 Å². The maximum absolute atomic E-state index is 12.7. The summed E-state index contributed by atoms with van der Waals surface area (Å²) in [5, 5.41) is 11.4. The molecule has 1 amide bonds. The topological polar surface area (TPSA) is 80.5 Å². The van der Waals surface area contributed by atoms with Gasteiger partial charge in [-0.15, -0.1) is 5.10 Å². The largest absolute Gasteiger partial charge is 0.492 e. The van der Waals surface area contributed by atoms with Crippen LogP contribution in [0, 0.1) is 5.41 Å². The normalized spacial score (nSPS) is 23.6. The zero-order chi connectivity index (χ0) is 19.1. The third-order valence-corrected chi connectivity index (χ3v) is 6.47. The van der Waals surface area contributed by atoms with Crippen molar-refractivity contribution in [3.63, 3.8) is 0 Å². The second kappa shape index (κ2) is 6.79. The fourth-order valence-corrected chi connectivity index (χ4v) is 4.34. The van der Waals surface area contributed by atoms with E-state index in [4.69, 9.17) is 9.15 Å². The minimum Gasteiger partial charge on any atom is -0.492 e. The Hall–Kier alpha value is -2.57. The van der Waals surface area contributed by atoms with Crippen molar-refractivity contribution < 1.29 is 13.9 Å². The Labute approximate surface area is 164 Å². The van der Waals surface area contributed by atoms with Crippen LogP contribution in [0.25, 0.3) is 0 Å². The highest BCUT2D eigenvalue weighted by Crippen LogP contribution is 2.53. The molecule has 5 rings (SSSR count). The second-order valence-corrected chi connectivity index (χ2v) is 8.46. The Bertz CT molecular complexity index is 866. The van der Waals surface area contributed by atoms with Crippen LogP contribution >= 0.6 is 0 Å². The summed E-state index contributed by atoms with van der Waals surface area (Å²) in [6.07, 6.45) is 5.76. The third-order valence-electron chi connectivity index (χ3n) is 6.47. The van der Waals surface area contributed by atoms with Gasteiger partial charge in [0.25, 0.3) is 0 Å². The zero-order valence-corrected chi connectivity index (χ0v) is 16.2. The molecule has 1 aliphatic carbocycles. The van der Waals surface area contributed by atoms with Gasteiger partial charge >= 0.3 is 6.01 Å². The highest BCUT2D eigenvalue weighted by atomic mass is 16.5. The number of aromatic nitrogens is 2. The Morgan fingerprint density at radius 2 is 2.00 bits per heavy atom. The van der Waals surface area contributed by atoms with Crippen molar-refractivity contribution >= 4 is 11.9 Å². The lowest BCUT2D eigenvalue weighted by atomic mass is 9.93. The summed E-state index contributed by atoms with van der Waals surface area (Å²) < 4.78 is 11.6. The summed E-state index contributed by atoms with van der Waals surface area (Å²) in [6, 6.07) is 7.92. The van der Waals surface area contributed by atoms with Crippen molar-refractivity contribution in [1.82, 2.24) is 15.1 Å². The number of anilines is 1. The Morgan fingerprint density at radius 1 is 1.21 bits per heavy atom. The zero-order valence-electron chi connectivity index (χ0n) is 16.2. The van der Waals surface area contributed by atoms with Gasteiger partial charge in [0, 0.05) is 13.1 Å². The molecule has 148 valence electrons. The number of benzene rings is 1. The first-order valence-corrected chi connectivity index (χ1v) is 10.2. The van der Waals surface area contributed by atoms with Gasteiger partial charge in [-0.25, -0.2) is 0 Å². The molecule has 0 bridgehead atoms. The number of nitrogens with one attached hydrogen (secondary N) is 1. The van der Waals surface area contributed by atoms with Crippen LogP contribution < -0.4 is 10.1 Å². The van der Waals surface area contributed by atoms with Gasteiger partial charge in [-0.1, -0.05) is 23.3 Å². The molecule has 2 aromatic rings. The lowest BCUT2D eigenvalue weighted by molar-refractivity contribution is -0.133. The molecule has 1 saturated carbocycles. The number of hydrogen-bond donors (Lipinski definition) is 1. The van der Waals surface area contributed by atoms with Crippen molar-refractivity contribution in [2.24, 2.45) is 5.41 Å². The van der Waals surface area contributed by atoms with Crippen LogP contribution in [0.15, 0.2) is 28.7 Å². The maximum atomic E-state index is 12.7. The fraction of sp³-hybridized carbons (Fsp3) is 0.571. The van der Waals surface area contributed by atoms with E-state index in [1.165, 1.54) is 12.8 Å². The van der Waals surface area contributed by atoms with E-state index < -0.39 is 0 Å². The number of carbonyl (C=O) groups is 1. The van der Waals surface area contributed by atoms with Crippen LogP contribution in [0.4, 0.5) is 6.01 Å². The summed E-state index contributed by atoms with van der Waals surface area (Å²) >= 11 is 0. The van der Waals surface area contributed by atoms with E-state index in [0.717, 1.165) is 43.7 Å². The number of fused-ring (bicyclic) bond motifs is 1. The van der Waals surface area contributed by atoms with E-state index in [0.29, 0.717) is 23.9 Å². The Balaban J connectivity index is 1.19. The number of nitrogens with zero attached hydrogens (tertiary/aromatic N) is 3. The molecule has 0 radical (unpaired) electrons. The van der Waals surface area contributed by atoms with Gasteiger partial charge in [0.1, 0.15) is 18.4 Å². The first-order valence-electron chi connectivity index (χ1n) is 10.2. The van der Waals surface area contributed by atoms with E-state index >= 15 is 0 Å². The van der Waals surface area contributed by atoms with Crippen molar-refractivity contribution in [3.8, 4) is 5.75 Å². The van der Waals surface area contributed by atoms with Gasteiger partial charge in [0.05, 0.1) is 5.92 Å². The lowest BCUT2D eigenvalue weighted by Gasteiger charge is -2.33. The van der Waals surface area contributed by atoms with Crippen molar-refractivity contribution in [2.75, 3.05) is 25.0 Å². The smallest absolute Gasteiger partial charge is 0.316 e. The van der Waals surface area contributed by atoms with Crippen LogP contribution in [0.2, 0.25) is 0 Å². The van der Waals surface area contributed by atoms with Crippen LogP contribution in [0.1, 0.15) is 50.0 Å². The average molecular weight is 382 g/mol. The molecule has 2 aliphatic heterocycles. The first-order chi connectivity index (χ1) is 13.6. The molecule has 1 aromatic carbocycles.